The van der Waals surface area contributed by atoms with Gasteiger partial charge < -0.3 is 9.84 Å². The van der Waals surface area contributed by atoms with Crippen molar-refractivity contribution < 1.29 is 14.6 Å². The molecule has 36 heavy (non-hydrogen) atoms. The maximum absolute atomic E-state index is 13.1. The number of nitrogens with zero attached hydrogens (tertiary/aromatic N) is 2. The Morgan fingerprint density at radius 2 is 1.58 bits per heavy atom. The lowest BCUT2D eigenvalue weighted by molar-refractivity contribution is -0.136. The molecule has 1 amide bonds. The number of nitrogens with one attached hydrogen (secondary N) is 1. The number of aliphatic hydroxyl groups is 1. The molecule has 4 aromatic rings. The van der Waals surface area contributed by atoms with Crippen LogP contribution in [0.25, 0.3) is 0 Å². The number of hydrogen-bond acceptors (Lipinski definition) is 5. The van der Waals surface area contributed by atoms with Gasteiger partial charge in [0.25, 0.3) is 5.91 Å². The highest BCUT2D eigenvalue weighted by Crippen LogP contribution is 2.30. The van der Waals surface area contributed by atoms with E-state index in [-0.39, 0.29) is 6.61 Å². The minimum absolute atomic E-state index is 0.279. The van der Waals surface area contributed by atoms with Crippen molar-refractivity contribution in [2.75, 3.05) is 0 Å². The summed E-state index contributed by atoms with van der Waals surface area (Å²) >= 11 is 2.16. The third-order valence-electron chi connectivity index (χ3n) is 5.57. The summed E-state index contributed by atoms with van der Waals surface area (Å²) in [5, 5.41) is 24.8. The van der Waals surface area contributed by atoms with E-state index in [0.29, 0.717) is 22.4 Å². The van der Waals surface area contributed by atoms with E-state index >= 15 is 0 Å². The van der Waals surface area contributed by atoms with Crippen molar-refractivity contribution >= 4 is 34.7 Å². The predicted octanol–water partition coefficient (Wildman–Crippen LogP) is 5.13. The van der Waals surface area contributed by atoms with Gasteiger partial charge in [0.05, 0.1) is 21.4 Å². The molecule has 0 aliphatic carbocycles. The maximum atomic E-state index is 13.1. The first-order valence-corrected chi connectivity index (χ1v) is 12.2. The molecule has 2 N–H and O–H groups in total. The number of carbonyl (C=O) groups is 1. The Balaban J connectivity index is 1.46. The molecule has 0 aliphatic heterocycles. The Labute approximate surface area is 223 Å². The van der Waals surface area contributed by atoms with E-state index < -0.39 is 11.5 Å². The Hall–Kier alpha value is -4.00. The number of nitriles is 1. The van der Waals surface area contributed by atoms with Crippen molar-refractivity contribution in [1.29, 1.82) is 5.26 Å². The fourth-order valence-electron chi connectivity index (χ4n) is 3.66. The van der Waals surface area contributed by atoms with E-state index in [9.17, 15) is 15.2 Å². The first-order chi connectivity index (χ1) is 17.5. The summed E-state index contributed by atoms with van der Waals surface area (Å²) in [5.41, 5.74) is 3.60. The van der Waals surface area contributed by atoms with Gasteiger partial charge in [-0.15, -0.1) is 0 Å². The van der Waals surface area contributed by atoms with E-state index in [4.69, 9.17) is 4.74 Å². The van der Waals surface area contributed by atoms with Crippen molar-refractivity contribution in [3.63, 3.8) is 0 Å². The Morgan fingerprint density at radius 3 is 2.19 bits per heavy atom. The fourth-order valence-corrected chi connectivity index (χ4v) is 4.35. The highest BCUT2D eigenvalue weighted by Gasteiger charge is 2.39. The lowest BCUT2D eigenvalue weighted by atomic mass is 9.85. The van der Waals surface area contributed by atoms with Crippen molar-refractivity contribution in [1.82, 2.24) is 5.43 Å². The number of hydrazone groups is 1. The van der Waals surface area contributed by atoms with Gasteiger partial charge in [-0.25, -0.2) is 5.43 Å². The molecule has 0 saturated carbocycles. The minimum atomic E-state index is -1.90. The molecule has 4 rings (SSSR count). The molecule has 0 saturated heterocycles. The van der Waals surface area contributed by atoms with Crippen LogP contribution in [0.5, 0.6) is 5.75 Å². The monoisotopic (exact) mass is 587 g/mol. The lowest BCUT2D eigenvalue weighted by Gasteiger charge is -2.27. The summed E-state index contributed by atoms with van der Waals surface area (Å²) in [7, 11) is 0. The third kappa shape index (κ3) is 5.62. The van der Waals surface area contributed by atoms with Crippen molar-refractivity contribution in [2.24, 2.45) is 5.10 Å². The minimum Gasteiger partial charge on any atom is -0.488 e. The second kappa shape index (κ2) is 11.6. The molecule has 0 unspecified atom stereocenters. The van der Waals surface area contributed by atoms with Gasteiger partial charge in [0, 0.05) is 5.56 Å². The first-order valence-electron chi connectivity index (χ1n) is 11.1. The normalized spacial score (nSPS) is 11.1. The molecule has 4 aromatic carbocycles. The summed E-state index contributed by atoms with van der Waals surface area (Å²) in [6, 6.07) is 32.5. The predicted molar refractivity (Wildman–Crippen MR) is 146 cm³/mol. The molecule has 0 aromatic heterocycles. The standard InChI is InChI=1S/C29H22IN3O3/c30-26-17-21(15-16-27(26)36-20-23-10-8-7-9-22(23)18-31)19-32-33-28(34)29(35,24-11-3-1-4-12-24)25-13-5-2-6-14-25/h1-17,19,35H,20H2,(H,33,34). The molecule has 0 aliphatic rings. The van der Waals surface area contributed by atoms with E-state index in [1.165, 1.54) is 6.21 Å². The van der Waals surface area contributed by atoms with E-state index in [1.807, 2.05) is 48.5 Å². The van der Waals surface area contributed by atoms with Gasteiger partial charge in [0.15, 0.2) is 5.60 Å². The summed E-state index contributed by atoms with van der Waals surface area (Å²) in [5.74, 6) is 0.00835. The van der Waals surface area contributed by atoms with Crippen LogP contribution in [0.4, 0.5) is 0 Å². The molecule has 7 heteroatoms. The van der Waals surface area contributed by atoms with Gasteiger partial charge in [-0.2, -0.15) is 10.4 Å². The van der Waals surface area contributed by atoms with Crippen LogP contribution < -0.4 is 10.2 Å². The van der Waals surface area contributed by atoms with Crippen molar-refractivity contribution in [3.05, 3.63) is 135 Å². The summed E-state index contributed by atoms with van der Waals surface area (Å²) in [6.45, 7) is 0.279. The van der Waals surface area contributed by atoms with Crippen LogP contribution in [0.2, 0.25) is 0 Å². The average molecular weight is 587 g/mol. The quantitative estimate of drug-likeness (QED) is 0.170. The van der Waals surface area contributed by atoms with Gasteiger partial charge in [-0.3, -0.25) is 4.79 Å². The van der Waals surface area contributed by atoms with Crippen LogP contribution in [0.3, 0.4) is 0 Å². The molecule has 0 fully saturated rings. The molecule has 0 radical (unpaired) electrons. The zero-order valence-corrected chi connectivity index (χ0v) is 21.3. The SMILES string of the molecule is N#Cc1ccccc1COc1ccc(C=NNC(=O)C(O)(c2ccccc2)c2ccccc2)cc1I. The molecule has 0 heterocycles. The Bertz CT molecular complexity index is 1380. The fraction of sp³-hybridized carbons (Fsp3) is 0.0690. The maximum Gasteiger partial charge on any atom is 0.281 e. The number of ether oxygens (including phenoxy) is 1. The number of carbonyl (C=O) groups excluding carboxylic acids is 1. The molecular formula is C29H22IN3O3. The number of halogens is 1. The van der Waals surface area contributed by atoms with Gasteiger partial charge >= 0.3 is 0 Å². The van der Waals surface area contributed by atoms with Crippen LogP contribution in [-0.4, -0.2) is 17.2 Å². The highest BCUT2D eigenvalue weighted by molar-refractivity contribution is 14.1. The smallest absolute Gasteiger partial charge is 0.281 e. The van der Waals surface area contributed by atoms with E-state index in [1.54, 1.807) is 54.6 Å². The van der Waals surface area contributed by atoms with Crippen molar-refractivity contribution in [3.8, 4) is 11.8 Å². The van der Waals surface area contributed by atoms with Crippen LogP contribution in [0, 0.1) is 14.9 Å². The Morgan fingerprint density at radius 1 is 0.972 bits per heavy atom. The van der Waals surface area contributed by atoms with E-state index in [0.717, 1.165) is 14.7 Å². The van der Waals surface area contributed by atoms with Gasteiger partial charge in [-0.05, 0) is 63.5 Å². The molecular weight excluding hydrogens is 565 g/mol. The van der Waals surface area contributed by atoms with Crippen LogP contribution in [0.15, 0.2) is 108 Å². The zero-order valence-electron chi connectivity index (χ0n) is 19.1. The van der Waals surface area contributed by atoms with Gasteiger partial charge in [-0.1, -0.05) is 78.9 Å². The largest absolute Gasteiger partial charge is 0.488 e. The summed E-state index contributed by atoms with van der Waals surface area (Å²) in [4.78, 5) is 13.1. The second-order valence-electron chi connectivity index (χ2n) is 7.89. The topological polar surface area (TPSA) is 94.7 Å². The highest BCUT2D eigenvalue weighted by atomic mass is 127. The van der Waals surface area contributed by atoms with Crippen LogP contribution >= 0.6 is 22.6 Å². The third-order valence-corrected chi connectivity index (χ3v) is 6.41. The lowest BCUT2D eigenvalue weighted by Crippen LogP contribution is -2.43. The second-order valence-corrected chi connectivity index (χ2v) is 9.05. The number of benzene rings is 4. The molecule has 0 bridgehead atoms. The number of amides is 1. The molecule has 0 atom stereocenters. The first kappa shape index (κ1) is 25.1. The zero-order chi connectivity index (χ0) is 25.4. The number of hydrogen-bond donors (Lipinski definition) is 2. The molecule has 0 spiro atoms. The summed E-state index contributed by atoms with van der Waals surface area (Å²) in [6.07, 6.45) is 1.51. The van der Waals surface area contributed by atoms with Gasteiger partial charge in [0.2, 0.25) is 0 Å². The molecule has 6 nitrogen and oxygen atoms in total. The molecule has 178 valence electrons. The van der Waals surface area contributed by atoms with E-state index in [2.05, 4.69) is 39.2 Å². The average Bonchev–Trinajstić information content (AvgIpc) is 2.93. The summed E-state index contributed by atoms with van der Waals surface area (Å²) < 4.78 is 6.75. The van der Waals surface area contributed by atoms with Crippen molar-refractivity contribution in [2.45, 2.75) is 12.2 Å². The van der Waals surface area contributed by atoms with Gasteiger partial charge in [0.1, 0.15) is 12.4 Å². The Kier molecular flexibility index (Phi) is 8.10. The van der Waals surface area contributed by atoms with Crippen LogP contribution in [-0.2, 0) is 17.0 Å². The number of rotatable bonds is 8. The van der Waals surface area contributed by atoms with Crippen LogP contribution in [0.1, 0.15) is 27.8 Å².